The Bertz CT molecular complexity index is 728. The van der Waals surface area contributed by atoms with Crippen LogP contribution in [-0.2, 0) is 11.2 Å². The minimum atomic E-state index is -0.240. The highest BCUT2D eigenvalue weighted by Crippen LogP contribution is 2.36. The third kappa shape index (κ3) is 2.52. The number of ether oxygens (including phenoxy) is 3. The van der Waals surface area contributed by atoms with Gasteiger partial charge in [0.25, 0.3) is 0 Å². The van der Waals surface area contributed by atoms with Gasteiger partial charge in [0.2, 0.25) is 6.79 Å². The molecule has 0 fully saturated rings. The Labute approximate surface area is 132 Å². The lowest BCUT2D eigenvalue weighted by molar-refractivity contribution is 0.0507. The van der Waals surface area contributed by atoms with Crippen LogP contribution in [0.2, 0.25) is 0 Å². The summed E-state index contributed by atoms with van der Waals surface area (Å²) in [6.45, 7) is 0.689. The standard InChI is InChI=1S/C17H14O4S/c18-17-13-3-1-2-4-16(13)22-12(9-19-17)7-11-5-6-14-15(8-11)21-10-20-14/h1-6,8,12H,7,9-10H2. The van der Waals surface area contributed by atoms with Gasteiger partial charge in [-0.15, -0.1) is 11.8 Å². The van der Waals surface area contributed by atoms with Gasteiger partial charge in [0, 0.05) is 10.1 Å². The van der Waals surface area contributed by atoms with Gasteiger partial charge in [0.05, 0.1) is 5.56 Å². The molecule has 0 aliphatic carbocycles. The van der Waals surface area contributed by atoms with E-state index in [1.165, 1.54) is 0 Å². The summed E-state index contributed by atoms with van der Waals surface area (Å²) in [6.07, 6.45) is 0.808. The second-order valence-electron chi connectivity index (χ2n) is 5.23. The highest BCUT2D eigenvalue weighted by Gasteiger charge is 2.24. The summed E-state index contributed by atoms with van der Waals surface area (Å²) in [5, 5.41) is 0.188. The van der Waals surface area contributed by atoms with Gasteiger partial charge in [-0.05, 0) is 36.2 Å². The van der Waals surface area contributed by atoms with Crippen LogP contribution in [-0.4, -0.2) is 24.6 Å². The lowest BCUT2D eigenvalue weighted by Gasteiger charge is -2.13. The molecule has 0 saturated carbocycles. The van der Waals surface area contributed by atoms with Crippen LogP contribution in [0.3, 0.4) is 0 Å². The van der Waals surface area contributed by atoms with Crippen LogP contribution in [0.5, 0.6) is 11.5 Å². The molecule has 0 radical (unpaired) electrons. The number of rotatable bonds is 2. The van der Waals surface area contributed by atoms with Crippen LogP contribution in [0.25, 0.3) is 0 Å². The number of hydrogen-bond acceptors (Lipinski definition) is 5. The molecule has 22 heavy (non-hydrogen) atoms. The maximum Gasteiger partial charge on any atom is 0.339 e. The largest absolute Gasteiger partial charge is 0.461 e. The van der Waals surface area contributed by atoms with E-state index in [-0.39, 0.29) is 18.0 Å². The first kappa shape index (κ1) is 13.5. The second kappa shape index (κ2) is 5.57. The fourth-order valence-corrected chi connectivity index (χ4v) is 3.84. The molecule has 2 aromatic rings. The number of carbonyl (C=O) groups is 1. The van der Waals surface area contributed by atoms with Crippen LogP contribution >= 0.6 is 11.8 Å². The number of benzene rings is 2. The molecule has 0 bridgehead atoms. The van der Waals surface area contributed by atoms with Crippen molar-refractivity contribution in [1.29, 1.82) is 0 Å². The van der Waals surface area contributed by atoms with E-state index in [9.17, 15) is 4.79 Å². The quantitative estimate of drug-likeness (QED) is 0.796. The zero-order valence-electron chi connectivity index (χ0n) is 11.8. The number of fused-ring (bicyclic) bond motifs is 2. The van der Waals surface area contributed by atoms with Crippen molar-refractivity contribution in [2.24, 2.45) is 0 Å². The lowest BCUT2D eigenvalue weighted by Crippen LogP contribution is -2.15. The lowest BCUT2D eigenvalue weighted by atomic mass is 10.1. The highest BCUT2D eigenvalue weighted by atomic mass is 32.2. The smallest absolute Gasteiger partial charge is 0.339 e. The van der Waals surface area contributed by atoms with E-state index in [4.69, 9.17) is 14.2 Å². The first-order valence-corrected chi connectivity index (χ1v) is 7.99. The molecule has 4 rings (SSSR count). The number of thioether (sulfide) groups is 1. The topological polar surface area (TPSA) is 44.8 Å². The zero-order valence-corrected chi connectivity index (χ0v) is 12.6. The Morgan fingerprint density at radius 2 is 1.91 bits per heavy atom. The Kier molecular flexibility index (Phi) is 3.42. The Balaban J connectivity index is 1.55. The summed E-state index contributed by atoms with van der Waals surface area (Å²) in [5.41, 5.74) is 1.80. The molecule has 4 nitrogen and oxygen atoms in total. The molecule has 2 aromatic carbocycles. The van der Waals surface area contributed by atoms with Crippen LogP contribution in [0.1, 0.15) is 15.9 Å². The third-order valence-corrected chi connectivity index (χ3v) is 4.95. The van der Waals surface area contributed by atoms with Crippen molar-refractivity contribution in [3.05, 3.63) is 53.6 Å². The number of carbonyl (C=O) groups excluding carboxylic acids is 1. The van der Waals surface area contributed by atoms with Gasteiger partial charge in [-0.3, -0.25) is 0 Å². The van der Waals surface area contributed by atoms with Gasteiger partial charge in [0.1, 0.15) is 6.61 Å². The number of esters is 1. The van der Waals surface area contributed by atoms with Crippen molar-refractivity contribution >= 4 is 17.7 Å². The summed E-state index contributed by atoms with van der Waals surface area (Å²) in [7, 11) is 0. The van der Waals surface area contributed by atoms with Crippen LogP contribution in [0.15, 0.2) is 47.4 Å². The summed E-state index contributed by atoms with van der Waals surface area (Å²) >= 11 is 1.69. The Morgan fingerprint density at radius 3 is 2.86 bits per heavy atom. The molecule has 2 aliphatic rings. The summed E-state index contributed by atoms with van der Waals surface area (Å²) in [6, 6.07) is 13.6. The van der Waals surface area contributed by atoms with E-state index < -0.39 is 0 Å². The molecule has 0 saturated heterocycles. The van der Waals surface area contributed by atoms with Crippen molar-refractivity contribution in [2.45, 2.75) is 16.6 Å². The Hall–Kier alpha value is -2.14. The second-order valence-corrected chi connectivity index (χ2v) is 6.57. The van der Waals surface area contributed by atoms with Crippen LogP contribution < -0.4 is 9.47 Å². The predicted molar refractivity (Wildman–Crippen MR) is 82.6 cm³/mol. The van der Waals surface area contributed by atoms with Gasteiger partial charge < -0.3 is 14.2 Å². The van der Waals surface area contributed by atoms with Gasteiger partial charge in [-0.25, -0.2) is 4.79 Å². The molecule has 2 aliphatic heterocycles. The minimum absolute atomic E-state index is 0.188. The fourth-order valence-electron chi connectivity index (χ4n) is 2.63. The summed E-state index contributed by atoms with van der Waals surface area (Å²) in [4.78, 5) is 13.0. The van der Waals surface area contributed by atoms with E-state index in [2.05, 4.69) is 0 Å². The van der Waals surface area contributed by atoms with Crippen LogP contribution in [0.4, 0.5) is 0 Å². The highest BCUT2D eigenvalue weighted by molar-refractivity contribution is 8.00. The van der Waals surface area contributed by atoms with Crippen molar-refractivity contribution in [3.8, 4) is 11.5 Å². The fraction of sp³-hybridized carbons (Fsp3) is 0.235. The molecule has 1 atom stereocenters. The Morgan fingerprint density at radius 1 is 1.05 bits per heavy atom. The molecule has 2 heterocycles. The van der Waals surface area contributed by atoms with Gasteiger partial charge >= 0.3 is 5.97 Å². The summed E-state index contributed by atoms with van der Waals surface area (Å²) < 4.78 is 16.1. The molecule has 112 valence electrons. The third-order valence-electron chi connectivity index (χ3n) is 3.70. The predicted octanol–water partition coefficient (Wildman–Crippen LogP) is 3.29. The molecule has 1 unspecified atom stereocenters. The molecule has 5 heteroatoms. The van der Waals surface area contributed by atoms with Crippen LogP contribution in [0, 0.1) is 0 Å². The average molecular weight is 314 g/mol. The van der Waals surface area contributed by atoms with E-state index in [1.54, 1.807) is 11.8 Å². The van der Waals surface area contributed by atoms with E-state index >= 15 is 0 Å². The minimum Gasteiger partial charge on any atom is -0.461 e. The van der Waals surface area contributed by atoms with E-state index in [0.29, 0.717) is 12.2 Å². The zero-order chi connectivity index (χ0) is 14.9. The maximum absolute atomic E-state index is 12.0. The number of hydrogen-bond donors (Lipinski definition) is 0. The number of cyclic esters (lactones) is 1. The molecule has 0 spiro atoms. The first-order chi connectivity index (χ1) is 10.8. The van der Waals surface area contributed by atoms with Crippen molar-refractivity contribution in [2.75, 3.05) is 13.4 Å². The van der Waals surface area contributed by atoms with Gasteiger partial charge in [-0.2, -0.15) is 0 Å². The normalized spacial score (nSPS) is 19.3. The first-order valence-electron chi connectivity index (χ1n) is 7.11. The molecule has 0 amide bonds. The average Bonchev–Trinajstić information content (AvgIpc) is 2.94. The van der Waals surface area contributed by atoms with Crippen molar-refractivity contribution in [1.82, 2.24) is 0 Å². The SMILES string of the molecule is O=C1OCC(Cc2ccc3c(c2)OCO3)Sc2ccccc21. The van der Waals surface area contributed by atoms with E-state index in [0.717, 1.165) is 28.4 Å². The maximum atomic E-state index is 12.0. The summed E-state index contributed by atoms with van der Waals surface area (Å²) in [5.74, 6) is 1.33. The van der Waals surface area contributed by atoms with Gasteiger partial charge in [0.15, 0.2) is 11.5 Å². The van der Waals surface area contributed by atoms with Crippen molar-refractivity contribution < 1.29 is 19.0 Å². The van der Waals surface area contributed by atoms with Crippen molar-refractivity contribution in [3.63, 3.8) is 0 Å². The molecule has 0 N–H and O–H groups in total. The van der Waals surface area contributed by atoms with E-state index in [1.807, 2.05) is 42.5 Å². The molecular weight excluding hydrogens is 300 g/mol. The molecular formula is C17H14O4S. The monoisotopic (exact) mass is 314 g/mol. The molecule has 0 aromatic heterocycles. The van der Waals surface area contributed by atoms with Gasteiger partial charge in [-0.1, -0.05) is 18.2 Å².